The first-order valence-corrected chi connectivity index (χ1v) is 7.50. The van der Waals surface area contributed by atoms with Crippen LogP contribution < -0.4 is 5.32 Å². The van der Waals surface area contributed by atoms with Gasteiger partial charge in [0.15, 0.2) is 0 Å². The van der Waals surface area contributed by atoms with Gasteiger partial charge in [0.2, 0.25) is 12.3 Å². The fourth-order valence-corrected chi connectivity index (χ4v) is 2.45. The van der Waals surface area contributed by atoms with E-state index in [1.807, 2.05) is 4.90 Å². The summed E-state index contributed by atoms with van der Waals surface area (Å²) in [5.74, 6) is -0.726. The number of rotatable bonds is 5. The molecule has 1 aliphatic rings. The Hall–Kier alpha value is -2.12. The van der Waals surface area contributed by atoms with Crippen molar-refractivity contribution in [3.63, 3.8) is 0 Å². The van der Waals surface area contributed by atoms with Crippen LogP contribution in [0.3, 0.4) is 0 Å². The molecule has 1 aromatic carbocycles. The molecule has 0 aromatic heterocycles. The average molecular weight is 340 g/mol. The number of ether oxygens (including phenoxy) is 1. The topological polar surface area (TPSA) is 79.0 Å². The number of esters is 1. The van der Waals surface area contributed by atoms with Crippen LogP contribution in [0.15, 0.2) is 18.2 Å². The Morgan fingerprint density at radius 3 is 2.61 bits per heavy atom. The Morgan fingerprint density at radius 1 is 1.30 bits per heavy atom. The van der Waals surface area contributed by atoms with E-state index in [-0.39, 0.29) is 12.5 Å². The molecule has 2 rings (SSSR count). The second-order valence-corrected chi connectivity index (χ2v) is 5.56. The average Bonchev–Trinajstić information content (AvgIpc) is 2.56. The zero-order chi connectivity index (χ0) is 16.8. The van der Waals surface area contributed by atoms with E-state index >= 15 is 0 Å². The van der Waals surface area contributed by atoms with E-state index in [0.29, 0.717) is 42.5 Å². The van der Waals surface area contributed by atoms with Crippen molar-refractivity contribution in [2.75, 3.05) is 45.2 Å². The zero-order valence-electron chi connectivity index (χ0n) is 12.8. The first-order valence-electron chi connectivity index (χ1n) is 7.13. The molecule has 0 spiro atoms. The molecule has 0 radical (unpaired) electrons. The number of benzene rings is 1. The van der Waals surface area contributed by atoms with E-state index in [1.165, 1.54) is 25.3 Å². The molecular formula is C15H18ClN3O4. The van der Waals surface area contributed by atoms with Crippen LogP contribution in [0.25, 0.3) is 0 Å². The molecular weight excluding hydrogens is 322 g/mol. The number of carbonyl (C=O) groups excluding carboxylic acids is 3. The highest BCUT2D eigenvalue weighted by Crippen LogP contribution is 2.23. The quantitative estimate of drug-likeness (QED) is 0.635. The molecule has 1 heterocycles. The summed E-state index contributed by atoms with van der Waals surface area (Å²) in [4.78, 5) is 37.9. The molecule has 7 nitrogen and oxygen atoms in total. The van der Waals surface area contributed by atoms with Crippen LogP contribution in [0.2, 0.25) is 5.02 Å². The lowest BCUT2D eigenvalue weighted by molar-refractivity contribution is -0.120. The molecule has 1 saturated heterocycles. The fraction of sp³-hybridized carbons (Fsp3) is 0.400. The number of carbonyl (C=O) groups is 3. The molecule has 1 fully saturated rings. The SMILES string of the molecule is COC(=O)c1ccc(Cl)c(NC(=O)CN2CCN(C=O)CC2)c1. The molecule has 0 unspecified atom stereocenters. The highest BCUT2D eigenvalue weighted by Gasteiger charge is 2.18. The van der Waals surface area contributed by atoms with E-state index < -0.39 is 5.97 Å². The summed E-state index contributed by atoms with van der Waals surface area (Å²) < 4.78 is 4.64. The lowest BCUT2D eigenvalue weighted by Gasteiger charge is -2.31. The molecule has 124 valence electrons. The molecule has 23 heavy (non-hydrogen) atoms. The minimum absolute atomic E-state index is 0.200. The van der Waals surface area contributed by atoms with Crippen LogP contribution in [0.5, 0.6) is 0 Å². The fourth-order valence-electron chi connectivity index (χ4n) is 2.29. The molecule has 1 aliphatic heterocycles. The molecule has 1 aromatic rings. The van der Waals surface area contributed by atoms with Crippen LogP contribution in [0, 0.1) is 0 Å². The number of halogens is 1. The second-order valence-electron chi connectivity index (χ2n) is 5.15. The summed E-state index contributed by atoms with van der Waals surface area (Å²) in [5.41, 5.74) is 0.679. The predicted molar refractivity (Wildman–Crippen MR) is 85.5 cm³/mol. The Balaban J connectivity index is 1.95. The normalized spacial score (nSPS) is 15.1. The maximum Gasteiger partial charge on any atom is 0.337 e. The zero-order valence-corrected chi connectivity index (χ0v) is 13.5. The van der Waals surface area contributed by atoms with Gasteiger partial charge in [0.25, 0.3) is 0 Å². The van der Waals surface area contributed by atoms with Crippen LogP contribution >= 0.6 is 11.6 Å². The number of hydrogen-bond acceptors (Lipinski definition) is 5. The third-order valence-corrected chi connectivity index (χ3v) is 3.91. The lowest BCUT2D eigenvalue weighted by atomic mass is 10.2. The van der Waals surface area contributed by atoms with Crippen LogP contribution in [0.4, 0.5) is 5.69 Å². The van der Waals surface area contributed by atoms with Crippen LogP contribution in [0.1, 0.15) is 10.4 Å². The highest BCUT2D eigenvalue weighted by molar-refractivity contribution is 6.33. The predicted octanol–water partition coefficient (Wildman–Crippen LogP) is 0.839. The molecule has 2 amide bonds. The Morgan fingerprint density at radius 2 is 2.00 bits per heavy atom. The summed E-state index contributed by atoms with van der Waals surface area (Å²) >= 11 is 6.04. The second kappa shape index (κ2) is 7.94. The molecule has 0 bridgehead atoms. The van der Waals surface area contributed by atoms with Crippen molar-refractivity contribution in [1.82, 2.24) is 9.80 Å². The molecule has 8 heteroatoms. The van der Waals surface area contributed by atoms with Crippen molar-refractivity contribution in [3.8, 4) is 0 Å². The summed E-state index contributed by atoms with van der Waals surface area (Å²) in [6.45, 7) is 2.69. The van der Waals surface area contributed by atoms with Gasteiger partial charge in [0.05, 0.1) is 29.9 Å². The number of amides is 2. The lowest BCUT2D eigenvalue weighted by Crippen LogP contribution is -2.48. The number of nitrogens with one attached hydrogen (secondary N) is 1. The molecule has 0 atom stereocenters. The van der Waals surface area contributed by atoms with Gasteiger partial charge in [-0.25, -0.2) is 4.79 Å². The first-order chi connectivity index (χ1) is 11.0. The summed E-state index contributed by atoms with van der Waals surface area (Å²) in [6, 6.07) is 4.55. The first kappa shape index (κ1) is 17.2. The van der Waals surface area contributed by atoms with Crippen molar-refractivity contribution in [1.29, 1.82) is 0 Å². The molecule has 0 aliphatic carbocycles. The van der Waals surface area contributed by atoms with Crippen molar-refractivity contribution < 1.29 is 19.1 Å². The number of nitrogens with zero attached hydrogens (tertiary/aromatic N) is 2. The van der Waals surface area contributed by atoms with Gasteiger partial charge in [-0.15, -0.1) is 0 Å². The van der Waals surface area contributed by atoms with Crippen molar-refractivity contribution in [2.45, 2.75) is 0 Å². The number of anilines is 1. The van der Waals surface area contributed by atoms with Gasteiger partial charge >= 0.3 is 5.97 Å². The summed E-state index contributed by atoms with van der Waals surface area (Å²) in [5, 5.41) is 3.04. The van der Waals surface area contributed by atoms with Gasteiger partial charge < -0.3 is 15.0 Å². The van der Waals surface area contributed by atoms with Crippen LogP contribution in [-0.4, -0.2) is 67.9 Å². The maximum absolute atomic E-state index is 12.1. The minimum Gasteiger partial charge on any atom is -0.465 e. The summed E-state index contributed by atoms with van der Waals surface area (Å²) in [7, 11) is 1.29. The smallest absolute Gasteiger partial charge is 0.337 e. The van der Waals surface area contributed by atoms with Gasteiger partial charge in [0.1, 0.15) is 0 Å². The van der Waals surface area contributed by atoms with Crippen molar-refractivity contribution >= 4 is 35.6 Å². The van der Waals surface area contributed by atoms with E-state index in [9.17, 15) is 14.4 Å². The van der Waals surface area contributed by atoms with E-state index in [1.54, 1.807) is 4.90 Å². The van der Waals surface area contributed by atoms with Crippen molar-refractivity contribution in [3.05, 3.63) is 28.8 Å². The standard InChI is InChI=1S/C15H18ClN3O4/c1-23-15(22)11-2-3-12(16)13(8-11)17-14(21)9-18-4-6-19(10-20)7-5-18/h2-3,8,10H,4-7,9H2,1H3,(H,17,21). The van der Waals surface area contributed by atoms with Gasteiger partial charge in [-0.1, -0.05) is 11.6 Å². The molecule has 1 N–H and O–H groups in total. The van der Waals surface area contributed by atoms with E-state index in [0.717, 1.165) is 6.41 Å². The summed E-state index contributed by atoms with van der Waals surface area (Å²) in [6.07, 6.45) is 0.815. The highest BCUT2D eigenvalue weighted by atomic mass is 35.5. The van der Waals surface area contributed by atoms with Crippen molar-refractivity contribution in [2.24, 2.45) is 0 Å². The number of methoxy groups -OCH3 is 1. The van der Waals surface area contributed by atoms with Gasteiger partial charge in [-0.05, 0) is 18.2 Å². The number of hydrogen-bond donors (Lipinski definition) is 1. The Labute approximate surface area is 139 Å². The minimum atomic E-state index is -0.498. The van der Waals surface area contributed by atoms with Gasteiger partial charge in [-0.3, -0.25) is 14.5 Å². The Kier molecular flexibility index (Phi) is 5.95. The monoisotopic (exact) mass is 339 g/mol. The van der Waals surface area contributed by atoms with E-state index in [4.69, 9.17) is 11.6 Å². The molecule has 0 saturated carbocycles. The maximum atomic E-state index is 12.1. The largest absolute Gasteiger partial charge is 0.465 e. The van der Waals surface area contributed by atoms with E-state index in [2.05, 4.69) is 10.1 Å². The van der Waals surface area contributed by atoms with Crippen LogP contribution in [-0.2, 0) is 14.3 Å². The third kappa shape index (κ3) is 4.67. The van der Waals surface area contributed by atoms with Gasteiger partial charge in [-0.2, -0.15) is 0 Å². The number of piperazine rings is 1. The van der Waals surface area contributed by atoms with Gasteiger partial charge in [0, 0.05) is 26.2 Å². The Bertz CT molecular complexity index is 600. The third-order valence-electron chi connectivity index (χ3n) is 3.58.